The van der Waals surface area contributed by atoms with Crippen LogP contribution in [-0.2, 0) is 25.6 Å². The Morgan fingerprint density at radius 2 is 1.04 bits per heavy atom. The summed E-state index contributed by atoms with van der Waals surface area (Å²) in [6.45, 7) is 0. The molecule has 6 heteroatoms. The molecule has 25 heavy (non-hydrogen) atoms. The van der Waals surface area contributed by atoms with E-state index >= 15 is 0 Å². The maximum atomic E-state index is 6.46. The first-order valence-corrected chi connectivity index (χ1v) is 14.7. The molecule has 3 saturated carbocycles. The van der Waals surface area contributed by atoms with Gasteiger partial charge in [0.1, 0.15) is 5.94 Å². The van der Waals surface area contributed by atoms with Crippen LogP contribution in [0.1, 0.15) is 96.3 Å². The molecule has 3 fully saturated rings. The molecule has 0 heterocycles. The molecule has 0 radical (unpaired) electrons. The number of rotatable bonds is 8. The maximum absolute atomic E-state index is 6.46. The zero-order valence-corrected chi connectivity index (χ0v) is 18.1. The van der Waals surface area contributed by atoms with Gasteiger partial charge in [0.15, 0.2) is 0 Å². The van der Waals surface area contributed by atoms with Crippen molar-refractivity contribution in [2.45, 2.75) is 115 Å². The van der Waals surface area contributed by atoms with E-state index in [0.717, 1.165) is 25.7 Å². The molecule has 0 unspecified atom stereocenters. The summed E-state index contributed by atoms with van der Waals surface area (Å²) < 4.78 is 19.0. The lowest BCUT2D eigenvalue weighted by Crippen LogP contribution is -2.20. The first-order chi connectivity index (χ1) is 12.2. The Hall–Kier alpha value is 0.880. The van der Waals surface area contributed by atoms with Gasteiger partial charge in [0.25, 0.3) is 0 Å². The van der Waals surface area contributed by atoms with E-state index in [1.54, 1.807) is 11.4 Å². The molecular formula is C19H35O3PS2. The van der Waals surface area contributed by atoms with Crippen molar-refractivity contribution in [1.29, 1.82) is 0 Å². The summed E-state index contributed by atoms with van der Waals surface area (Å²) in [7, 11) is 0. The summed E-state index contributed by atoms with van der Waals surface area (Å²) >= 11 is 7.64. The molecule has 0 saturated heterocycles. The van der Waals surface area contributed by atoms with Crippen LogP contribution in [-0.4, -0.2) is 24.3 Å². The third-order valence-corrected chi connectivity index (χ3v) is 10.6. The fraction of sp³-hybridized carbons (Fsp3) is 1.00. The van der Waals surface area contributed by atoms with Crippen molar-refractivity contribution in [3.63, 3.8) is 0 Å². The second-order valence-electron chi connectivity index (χ2n) is 7.85. The van der Waals surface area contributed by atoms with E-state index in [4.69, 9.17) is 25.6 Å². The third-order valence-electron chi connectivity index (χ3n) is 5.73. The van der Waals surface area contributed by atoms with Gasteiger partial charge in [-0.2, -0.15) is 0 Å². The molecule has 0 aromatic carbocycles. The minimum atomic E-state index is -2.30. The molecule has 0 atom stereocenters. The van der Waals surface area contributed by atoms with E-state index in [1.165, 1.54) is 70.6 Å². The second kappa shape index (κ2) is 11.0. The summed E-state index contributed by atoms with van der Waals surface area (Å²) in [5.41, 5.74) is -2.30. The summed E-state index contributed by atoms with van der Waals surface area (Å²) in [5.74, 6) is 0.640. The third kappa shape index (κ3) is 7.43. The van der Waals surface area contributed by atoms with Gasteiger partial charge >= 0.3 is 0 Å². The molecule has 0 spiro atoms. The van der Waals surface area contributed by atoms with Crippen LogP contribution < -0.4 is 0 Å². The second-order valence-corrected chi connectivity index (χ2v) is 14.0. The summed E-state index contributed by atoms with van der Waals surface area (Å²) in [4.78, 5) is 0. The highest BCUT2D eigenvalue weighted by molar-refractivity contribution is 8.67. The highest BCUT2D eigenvalue weighted by Gasteiger charge is 2.31. The van der Waals surface area contributed by atoms with Crippen LogP contribution in [0.5, 0.6) is 0 Å². The van der Waals surface area contributed by atoms with E-state index in [9.17, 15) is 0 Å². The van der Waals surface area contributed by atoms with Gasteiger partial charge in [0, 0.05) is 0 Å². The molecule has 0 N–H and O–H groups in total. The van der Waals surface area contributed by atoms with Gasteiger partial charge < -0.3 is 13.8 Å². The maximum Gasteiger partial charge on any atom is 0.250 e. The van der Waals surface area contributed by atoms with E-state index in [-0.39, 0.29) is 0 Å². The predicted molar refractivity (Wildman–Crippen MR) is 111 cm³/mol. The molecule has 146 valence electrons. The monoisotopic (exact) mass is 406 g/mol. The summed E-state index contributed by atoms with van der Waals surface area (Å²) in [5, 5.41) is 0. The Bertz CT molecular complexity index is 393. The fourth-order valence-corrected chi connectivity index (χ4v) is 8.70. The van der Waals surface area contributed by atoms with Crippen LogP contribution in [0.2, 0.25) is 0 Å². The lowest BCUT2D eigenvalue weighted by molar-refractivity contribution is 0.0601. The van der Waals surface area contributed by atoms with Gasteiger partial charge in [-0.25, -0.2) is 0 Å². The molecule has 0 aromatic rings. The van der Waals surface area contributed by atoms with Crippen LogP contribution in [0.25, 0.3) is 0 Å². The number of hydrogen-bond donors (Lipinski definition) is 0. The van der Waals surface area contributed by atoms with Crippen LogP contribution >= 0.6 is 17.1 Å². The molecule has 3 nitrogen and oxygen atoms in total. The largest absolute Gasteiger partial charge is 0.367 e. The van der Waals surface area contributed by atoms with Crippen LogP contribution in [0.3, 0.4) is 0 Å². The molecule has 0 aliphatic heterocycles. The smallest absolute Gasteiger partial charge is 0.250 e. The van der Waals surface area contributed by atoms with Crippen molar-refractivity contribution in [3.8, 4) is 0 Å². The van der Waals surface area contributed by atoms with E-state index in [0.29, 0.717) is 24.3 Å². The van der Waals surface area contributed by atoms with E-state index < -0.39 is 5.69 Å². The van der Waals surface area contributed by atoms with Crippen molar-refractivity contribution < 1.29 is 13.8 Å². The van der Waals surface area contributed by atoms with Gasteiger partial charge in [0.05, 0.1) is 18.3 Å². The minimum absolute atomic E-state index is 0.311. The summed E-state index contributed by atoms with van der Waals surface area (Å²) in [6, 6.07) is 0. The average molecular weight is 407 g/mol. The van der Waals surface area contributed by atoms with Gasteiger partial charge in [-0.15, -0.1) is 0 Å². The molecule has 3 rings (SSSR count). The Kier molecular flexibility index (Phi) is 9.09. The highest BCUT2D eigenvalue weighted by Crippen LogP contribution is 2.64. The molecule has 0 amide bonds. The fourth-order valence-electron chi connectivity index (χ4n) is 4.21. The van der Waals surface area contributed by atoms with E-state index in [2.05, 4.69) is 0 Å². The topological polar surface area (TPSA) is 27.7 Å². The standard InChI is InChI=1S/C19H35O3PS2/c24-23(21-18-12-6-2-7-13-18,22-19-14-8-3-9-15-19)25-16-20-17-10-4-1-5-11-17/h17-19H,1-16H2. The Labute approximate surface area is 163 Å². The average Bonchev–Trinajstić information content (AvgIpc) is 2.64. The SMILES string of the molecule is S=P(OC1CCCCC1)(OC1CCCCC1)SCOC1CCCCC1. The Morgan fingerprint density at radius 3 is 1.48 bits per heavy atom. The van der Waals surface area contributed by atoms with Crippen molar-refractivity contribution in [3.05, 3.63) is 0 Å². The van der Waals surface area contributed by atoms with Crippen molar-refractivity contribution in [2.75, 3.05) is 5.94 Å². The first kappa shape index (κ1) is 20.6. The highest BCUT2D eigenvalue weighted by atomic mass is 32.9. The van der Waals surface area contributed by atoms with Crippen molar-refractivity contribution >= 4 is 28.9 Å². The van der Waals surface area contributed by atoms with Gasteiger partial charge in [-0.05, 0) is 61.7 Å². The van der Waals surface area contributed by atoms with E-state index in [1.807, 2.05) is 0 Å². The van der Waals surface area contributed by atoms with Crippen LogP contribution in [0.15, 0.2) is 0 Å². The van der Waals surface area contributed by atoms with Gasteiger partial charge in [-0.1, -0.05) is 57.8 Å². The molecule has 3 aliphatic rings. The number of ether oxygens (including phenoxy) is 1. The van der Waals surface area contributed by atoms with Gasteiger partial charge in [0.2, 0.25) is 5.69 Å². The molecule has 0 aromatic heterocycles. The first-order valence-electron chi connectivity index (χ1n) is 10.5. The van der Waals surface area contributed by atoms with Gasteiger partial charge in [-0.3, -0.25) is 0 Å². The predicted octanol–water partition coefficient (Wildman–Crippen LogP) is 6.95. The Morgan fingerprint density at radius 1 is 0.640 bits per heavy atom. The molecular weight excluding hydrogens is 371 g/mol. The quantitative estimate of drug-likeness (QED) is 0.321. The Balaban J connectivity index is 1.51. The van der Waals surface area contributed by atoms with Crippen molar-refractivity contribution in [2.24, 2.45) is 0 Å². The zero-order valence-electron chi connectivity index (χ0n) is 15.5. The number of hydrogen-bond acceptors (Lipinski definition) is 5. The molecule has 0 bridgehead atoms. The lowest BCUT2D eigenvalue weighted by Gasteiger charge is -2.33. The minimum Gasteiger partial charge on any atom is -0.367 e. The lowest BCUT2D eigenvalue weighted by atomic mass is 9.98. The van der Waals surface area contributed by atoms with Crippen LogP contribution in [0, 0.1) is 0 Å². The summed E-state index contributed by atoms with van der Waals surface area (Å²) in [6.07, 6.45) is 19.8. The van der Waals surface area contributed by atoms with Crippen molar-refractivity contribution in [1.82, 2.24) is 0 Å². The normalized spacial score (nSPS) is 25.3. The van der Waals surface area contributed by atoms with Crippen LogP contribution in [0.4, 0.5) is 0 Å². The molecule has 3 aliphatic carbocycles. The zero-order chi connectivity index (χ0) is 17.4.